The minimum absolute atomic E-state index is 0.0840. The Morgan fingerprint density at radius 3 is 2.54 bits per heavy atom. The summed E-state index contributed by atoms with van der Waals surface area (Å²) in [6, 6.07) is 17.5. The van der Waals surface area contributed by atoms with Crippen LogP contribution in [0.2, 0.25) is 0 Å². The van der Waals surface area contributed by atoms with Crippen LogP contribution in [0, 0.1) is 6.92 Å². The molecule has 6 heteroatoms. The lowest BCUT2D eigenvalue weighted by molar-refractivity contribution is -0.121. The SMILES string of the molecule is Cc1nn(CC(=O)NCCCOCCc2ccccc2)c(=O)c2ccccc12. The van der Waals surface area contributed by atoms with Crippen molar-refractivity contribution >= 4 is 16.7 Å². The Balaban J connectivity index is 1.40. The fourth-order valence-corrected chi connectivity index (χ4v) is 3.04. The Hall–Kier alpha value is -2.99. The predicted molar refractivity (Wildman–Crippen MR) is 109 cm³/mol. The first-order valence-corrected chi connectivity index (χ1v) is 9.50. The van der Waals surface area contributed by atoms with Crippen molar-refractivity contribution < 1.29 is 9.53 Å². The Labute approximate surface area is 164 Å². The van der Waals surface area contributed by atoms with Gasteiger partial charge in [-0.25, -0.2) is 4.68 Å². The fraction of sp³-hybridized carbons (Fsp3) is 0.318. The van der Waals surface area contributed by atoms with E-state index < -0.39 is 0 Å². The molecule has 3 rings (SSSR count). The lowest BCUT2D eigenvalue weighted by atomic mass is 10.1. The van der Waals surface area contributed by atoms with Crippen LogP contribution in [0.4, 0.5) is 0 Å². The Morgan fingerprint density at radius 1 is 1.04 bits per heavy atom. The predicted octanol–water partition coefficient (Wildman–Crippen LogP) is 2.47. The standard InChI is InChI=1S/C22H25N3O3/c1-17-19-10-5-6-11-20(19)22(27)25(24-17)16-21(26)23-13-7-14-28-15-12-18-8-3-2-4-9-18/h2-6,8-11H,7,12-16H2,1H3,(H,23,26). The van der Waals surface area contributed by atoms with E-state index in [1.807, 2.05) is 43.3 Å². The number of benzene rings is 2. The van der Waals surface area contributed by atoms with Gasteiger partial charge in [0.25, 0.3) is 5.56 Å². The number of ether oxygens (including phenoxy) is 1. The molecule has 28 heavy (non-hydrogen) atoms. The van der Waals surface area contributed by atoms with E-state index in [9.17, 15) is 9.59 Å². The second-order valence-electron chi connectivity index (χ2n) is 6.65. The Morgan fingerprint density at radius 2 is 1.75 bits per heavy atom. The summed E-state index contributed by atoms with van der Waals surface area (Å²) in [6.45, 7) is 3.50. The van der Waals surface area contributed by atoms with Crippen molar-refractivity contribution in [3.8, 4) is 0 Å². The van der Waals surface area contributed by atoms with Crippen molar-refractivity contribution in [2.75, 3.05) is 19.8 Å². The Bertz CT molecular complexity index is 983. The van der Waals surface area contributed by atoms with E-state index in [2.05, 4.69) is 22.5 Å². The van der Waals surface area contributed by atoms with E-state index >= 15 is 0 Å². The summed E-state index contributed by atoms with van der Waals surface area (Å²) in [5.41, 5.74) is 1.73. The zero-order valence-electron chi connectivity index (χ0n) is 16.1. The highest BCUT2D eigenvalue weighted by molar-refractivity contribution is 5.83. The van der Waals surface area contributed by atoms with E-state index in [0.717, 1.165) is 23.9 Å². The number of aromatic nitrogens is 2. The fourth-order valence-electron chi connectivity index (χ4n) is 3.04. The van der Waals surface area contributed by atoms with Crippen LogP contribution in [-0.2, 0) is 22.5 Å². The number of nitrogens with zero attached hydrogens (tertiary/aromatic N) is 2. The van der Waals surface area contributed by atoms with Gasteiger partial charge in [-0.05, 0) is 31.4 Å². The molecule has 1 amide bonds. The van der Waals surface area contributed by atoms with Crippen molar-refractivity contribution in [2.45, 2.75) is 26.3 Å². The van der Waals surface area contributed by atoms with Crippen molar-refractivity contribution in [1.29, 1.82) is 0 Å². The maximum absolute atomic E-state index is 12.5. The molecule has 1 heterocycles. The summed E-state index contributed by atoms with van der Waals surface area (Å²) in [7, 11) is 0. The van der Waals surface area contributed by atoms with Crippen LogP contribution in [0.1, 0.15) is 17.7 Å². The molecule has 146 valence electrons. The number of carbonyl (C=O) groups is 1. The maximum atomic E-state index is 12.5. The number of hydrogen-bond acceptors (Lipinski definition) is 4. The molecule has 0 saturated carbocycles. The summed E-state index contributed by atoms with van der Waals surface area (Å²) in [5, 5.41) is 8.47. The molecular weight excluding hydrogens is 354 g/mol. The van der Waals surface area contributed by atoms with E-state index in [1.165, 1.54) is 10.2 Å². The molecule has 1 N–H and O–H groups in total. The van der Waals surface area contributed by atoms with E-state index in [-0.39, 0.29) is 18.0 Å². The summed E-state index contributed by atoms with van der Waals surface area (Å²) in [6.07, 6.45) is 1.60. The molecule has 0 spiro atoms. The highest BCUT2D eigenvalue weighted by Gasteiger charge is 2.10. The minimum atomic E-state index is -0.249. The van der Waals surface area contributed by atoms with Gasteiger partial charge in [0, 0.05) is 18.5 Å². The average Bonchev–Trinajstić information content (AvgIpc) is 2.72. The number of fused-ring (bicyclic) bond motifs is 1. The Kier molecular flexibility index (Phi) is 6.92. The topological polar surface area (TPSA) is 73.2 Å². The van der Waals surface area contributed by atoms with Gasteiger partial charge in [-0.2, -0.15) is 5.10 Å². The summed E-state index contributed by atoms with van der Waals surface area (Å²) >= 11 is 0. The molecule has 0 radical (unpaired) electrons. The normalized spacial score (nSPS) is 10.9. The first-order valence-electron chi connectivity index (χ1n) is 9.50. The molecule has 0 unspecified atom stereocenters. The maximum Gasteiger partial charge on any atom is 0.275 e. The van der Waals surface area contributed by atoms with Crippen LogP contribution >= 0.6 is 0 Å². The van der Waals surface area contributed by atoms with Gasteiger partial charge in [-0.3, -0.25) is 9.59 Å². The quantitative estimate of drug-likeness (QED) is 0.580. The summed E-state index contributed by atoms with van der Waals surface area (Å²) in [5.74, 6) is -0.228. The van der Waals surface area contributed by atoms with Gasteiger partial charge < -0.3 is 10.1 Å². The molecule has 0 aliphatic heterocycles. The van der Waals surface area contributed by atoms with Crippen LogP contribution < -0.4 is 10.9 Å². The zero-order valence-corrected chi connectivity index (χ0v) is 16.1. The average molecular weight is 379 g/mol. The largest absolute Gasteiger partial charge is 0.381 e. The first kappa shape index (κ1) is 19.8. The molecule has 6 nitrogen and oxygen atoms in total. The van der Waals surface area contributed by atoms with Crippen molar-refractivity contribution in [3.63, 3.8) is 0 Å². The van der Waals surface area contributed by atoms with E-state index in [0.29, 0.717) is 25.1 Å². The van der Waals surface area contributed by atoms with E-state index in [4.69, 9.17) is 4.74 Å². The van der Waals surface area contributed by atoms with Gasteiger partial charge in [0.15, 0.2) is 0 Å². The molecule has 0 aliphatic carbocycles. The third-order valence-corrected chi connectivity index (χ3v) is 4.51. The van der Waals surface area contributed by atoms with Crippen LogP contribution in [-0.4, -0.2) is 35.4 Å². The lowest BCUT2D eigenvalue weighted by Gasteiger charge is -2.09. The van der Waals surface area contributed by atoms with Gasteiger partial charge in [-0.15, -0.1) is 0 Å². The molecule has 0 saturated heterocycles. The van der Waals surface area contributed by atoms with Crippen LogP contribution in [0.5, 0.6) is 0 Å². The van der Waals surface area contributed by atoms with Crippen molar-refractivity contribution in [1.82, 2.24) is 15.1 Å². The second kappa shape index (κ2) is 9.80. The molecule has 3 aromatic rings. The zero-order chi connectivity index (χ0) is 19.8. The van der Waals surface area contributed by atoms with E-state index in [1.54, 1.807) is 6.07 Å². The van der Waals surface area contributed by atoms with Gasteiger partial charge in [-0.1, -0.05) is 48.5 Å². The lowest BCUT2D eigenvalue weighted by Crippen LogP contribution is -2.34. The third kappa shape index (κ3) is 5.27. The molecular formula is C22H25N3O3. The molecule has 0 aliphatic rings. The molecule has 0 atom stereocenters. The number of aryl methyl sites for hydroxylation is 1. The highest BCUT2D eigenvalue weighted by atomic mass is 16.5. The third-order valence-electron chi connectivity index (χ3n) is 4.51. The smallest absolute Gasteiger partial charge is 0.275 e. The molecule has 0 bridgehead atoms. The second-order valence-corrected chi connectivity index (χ2v) is 6.65. The van der Waals surface area contributed by atoms with Gasteiger partial charge >= 0.3 is 0 Å². The highest BCUT2D eigenvalue weighted by Crippen LogP contribution is 2.11. The van der Waals surface area contributed by atoms with Crippen LogP contribution in [0.15, 0.2) is 59.4 Å². The summed E-state index contributed by atoms with van der Waals surface area (Å²) < 4.78 is 6.83. The van der Waals surface area contributed by atoms with Crippen molar-refractivity contribution in [2.24, 2.45) is 0 Å². The van der Waals surface area contributed by atoms with Crippen LogP contribution in [0.3, 0.4) is 0 Å². The number of hydrogen-bond donors (Lipinski definition) is 1. The number of carbonyl (C=O) groups excluding carboxylic acids is 1. The number of rotatable bonds is 9. The van der Waals surface area contributed by atoms with Gasteiger partial charge in [0.2, 0.25) is 5.91 Å². The van der Waals surface area contributed by atoms with Crippen molar-refractivity contribution in [3.05, 3.63) is 76.2 Å². The monoisotopic (exact) mass is 379 g/mol. The van der Waals surface area contributed by atoms with Gasteiger partial charge in [0.1, 0.15) is 6.54 Å². The minimum Gasteiger partial charge on any atom is -0.381 e. The van der Waals surface area contributed by atoms with Gasteiger partial charge in [0.05, 0.1) is 17.7 Å². The first-order chi connectivity index (χ1) is 13.6. The molecule has 0 fully saturated rings. The summed E-state index contributed by atoms with van der Waals surface area (Å²) in [4.78, 5) is 24.6. The molecule has 1 aromatic heterocycles. The number of amides is 1. The number of nitrogens with one attached hydrogen (secondary N) is 1. The molecule has 2 aromatic carbocycles. The van der Waals surface area contributed by atoms with Crippen LogP contribution in [0.25, 0.3) is 10.8 Å².